The lowest BCUT2D eigenvalue weighted by Crippen LogP contribution is -2.35. The highest BCUT2D eigenvalue weighted by Gasteiger charge is 2.45. The molecular formula is C19H17F3N4O2. The van der Waals surface area contributed by atoms with E-state index in [0.29, 0.717) is 17.5 Å². The molecule has 1 aromatic heterocycles. The molecule has 6 nitrogen and oxygen atoms in total. The third-order valence-corrected chi connectivity index (χ3v) is 4.35. The largest absolute Gasteiger partial charge is 0.412 e. The van der Waals surface area contributed by atoms with Gasteiger partial charge in [0.25, 0.3) is 0 Å². The van der Waals surface area contributed by atoms with Crippen LogP contribution in [0, 0.1) is 6.92 Å². The van der Waals surface area contributed by atoms with Crippen molar-refractivity contribution >= 4 is 23.6 Å². The van der Waals surface area contributed by atoms with Crippen molar-refractivity contribution in [2.45, 2.75) is 25.2 Å². The smallest absolute Gasteiger partial charge is 0.324 e. The molecule has 0 spiro atoms. The van der Waals surface area contributed by atoms with Crippen molar-refractivity contribution in [1.82, 2.24) is 4.98 Å². The Labute approximate surface area is 158 Å². The molecule has 1 aliphatic heterocycles. The van der Waals surface area contributed by atoms with Crippen molar-refractivity contribution in [3.63, 3.8) is 0 Å². The molecule has 0 radical (unpaired) electrons. The van der Waals surface area contributed by atoms with Crippen LogP contribution in [0.5, 0.6) is 0 Å². The number of halogens is 3. The molecule has 2 unspecified atom stereocenters. The minimum absolute atomic E-state index is 0.151. The lowest BCUT2D eigenvalue weighted by molar-refractivity contribution is -0.142. The fourth-order valence-corrected chi connectivity index (χ4v) is 2.81. The van der Waals surface area contributed by atoms with Gasteiger partial charge >= 0.3 is 6.18 Å². The molecule has 146 valence electrons. The average molecular weight is 390 g/mol. The molecule has 3 rings (SSSR count). The zero-order valence-corrected chi connectivity index (χ0v) is 14.8. The second-order valence-corrected chi connectivity index (χ2v) is 6.38. The molecule has 1 aliphatic rings. The molecule has 0 fully saturated rings. The Bertz CT molecular complexity index is 908. The Kier molecular flexibility index (Phi) is 5.28. The lowest BCUT2D eigenvalue weighted by Gasteiger charge is -2.22. The number of aryl methyl sites for hydroxylation is 1. The van der Waals surface area contributed by atoms with Crippen molar-refractivity contribution in [2.75, 3.05) is 11.4 Å². The normalized spacial score (nSPS) is 18.0. The van der Waals surface area contributed by atoms with Gasteiger partial charge in [-0.25, -0.2) is 0 Å². The molecule has 28 heavy (non-hydrogen) atoms. The van der Waals surface area contributed by atoms with Crippen LogP contribution in [0.3, 0.4) is 0 Å². The van der Waals surface area contributed by atoms with Crippen molar-refractivity contribution < 1.29 is 22.8 Å². The second-order valence-electron chi connectivity index (χ2n) is 6.38. The molecule has 2 heterocycles. The highest BCUT2D eigenvalue weighted by molar-refractivity contribution is 6.12. The number of aldehydes is 1. The number of alkyl halides is 3. The van der Waals surface area contributed by atoms with E-state index in [2.05, 4.69) is 9.98 Å². The molecule has 0 saturated heterocycles. The topological polar surface area (TPSA) is 88.6 Å². The zero-order chi connectivity index (χ0) is 20.5. The number of anilines is 1. The molecule has 2 aromatic rings. The van der Waals surface area contributed by atoms with Crippen LogP contribution in [0.4, 0.5) is 18.9 Å². The van der Waals surface area contributed by atoms with Gasteiger partial charge in [-0.2, -0.15) is 13.2 Å². The fourth-order valence-electron chi connectivity index (χ4n) is 2.81. The summed E-state index contributed by atoms with van der Waals surface area (Å²) in [5.74, 6) is -0.411. The molecule has 0 aliphatic carbocycles. The van der Waals surface area contributed by atoms with Crippen molar-refractivity contribution in [3.8, 4) is 0 Å². The molecular weight excluding hydrogens is 373 g/mol. The molecule has 2 atom stereocenters. The van der Waals surface area contributed by atoms with Gasteiger partial charge in [-0.1, -0.05) is 0 Å². The van der Waals surface area contributed by atoms with Gasteiger partial charge in [-0.3, -0.25) is 14.8 Å². The quantitative estimate of drug-likeness (QED) is 0.481. The summed E-state index contributed by atoms with van der Waals surface area (Å²) in [7, 11) is 0. The maximum absolute atomic E-state index is 13.3. The van der Waals surface area contributed by atoms with E-state index in [-0.39, 0.29) is 17.9 Å². The van der Waals surface area contributed by atoms with Crippen LogP contribution in [-0.2, 0) is 4.79 Å². The average Bonchev–Trinajstić information content (AvgIpc) is 3.13. The van der Waals surface area contributed by atoms with Crippen molar-refractivity contribution in [2.24, 2.45) is 10.7 Å². The van der Waals surface area contributed by atoms with Crippen molar-refractivity contribution in [3.05, 3.63) is 59.4 Å². The Morgan fingerprint density at radius 3 is 2.46 bits per heavy atom. The first kappa shape index (κ1) is 19.7. The molecule has 0 saturated carbocycles. The number of nitrogens with two attached hydrogens (primary N) is 1. The Morgan fingerprint density at radius 1 is 1.25 bits per heavy atom. The van der Waals surface area contributed by atoms with Gasteiger partial charge in [-0.05, 0) is 43.3 Å². The molecule has 0 bridgehead atoms. The predicted octanol–water partition coefficient (Wildman–Crippen LogP) is 2.30. The first-order chi connectivity index (χ1) is 13.2. The van der Waals surface area contributed by atoms with Crippen LogP contribution in [0.25, 0.3) is 0 Å². The number of nitrogens with zero attached hydrogens (tertiary/aromatic N) is 3. The number of aliphatic imine (C=N–C) groups is 1. The number of pyridine rings is 1. The SMILES string of the molecule is Cc1ccc(C2=NC(C(F)(F)F)CN2c2ccc(C(=O)C(N)C=O)cc2)cn1. The predicted molar refractivity (Wildman–Crippen MR) is 97.5 cm³/mol. The van der Waals surface area contributed by atoms with E-state index in [1.807, 2.05) is 0 Å². The van der Waals surface area contributed by atoms with Gasteiger partial charge in [0.15, 0.2) is 11.8 Å². The minimum Gasteiger partial charge on any atom is -0.324 e. The van der Waals surface area contributed by atoms with Crippen LogP contribution < -0.4 is 10.6 Å². The first-order valence-electron chi connectivity index (χ1n) is 8.41. The number of Topliss-reactive ketones (excluding diaryl/α,β-unsaturated/α-hetero) is 1. The monoisotopic (exact) mass is 390 g/mol. The maximum atomic E-state index is 13.3. The summed E-state index contributed by atoms with van der Waals surface area (Å²) in [6.07, 6.45) is -2.68. The highest BCUT2D eigenvalue weighted by atomic mass is 19.4. The summed E-state index contributed by atoms with van der Waals surface area (Å²) in [5.41, 5.74) is 7.23. The number of rotatable bonds is 5. The van der Waals surface area contributed by atoms with Crippen LogP contribution >= 0.6 is 0 Å². The van der Waals surface area contributed by atoms with Crippen LogP contribution in [0.2, 0.25) is 0 Å². The van der Waals surface area contributed by atoms with Crippen molar-refractivity contribution in [1.29, 1.82) is 0 Å². The third kappa shape index (κ3) is 3.94. The Balaban J connectivity index is 1.94. The van der Waals surface area contributed by atoms with Crippen LogP contribution in [0.1, 0.15) is 21.6 Å². The van der Waals surface area contributed by atoms with Crippen LogP contribution in [-0.4, -0.2) is 47.7 Å². The summed E-state index contributed by atoms with van der Waals surface area (Å²) in [6, 6.07) is 6.06. The van der Waals surface area contributed by atoms with Gasteiger partial charge in [-0.15, -0.1) is 0 Å². The number of carbonyl (C=O) groups excluding carboxylic acids is 2. The number of aromatic nitrogens is 1. The number of benzene rings is 1. The Morgan fingerprint density at radius 2 is 1.93 bits per heavy atom. The van der Waals surface area contributed by atoms with Gasteiger partial charge in [0.2, 0.25) is 0 Å². The molecule has 1 aromatic carbocycles. The molecule has 9 heteroatoms. The van der Waals surface area contributed by atoms with E-state index in [4.69, 9.17) is 5.73 Å². The van der Waals surface area contributed by atoms with Crippen LogP contribution in [0.15, 0.2) is 47.6 Å². The van der Waals surface area contributed by atoms with E-state index in [9.17, 15) is 22.8 Å². The zero-order valence-electron chi connectivity index (χ0n) is 14.8. The highest BCUT2D eigenvalue weighted by Crippen LogP contribution is 2.32. The van der Waals surface area contributed by atoms with Gasteiger partial charge < -0.3 is 15.4 Å². The van der Waals surface area contributed by atoms with E-state index in [1.54, 1.807) is 19.1 Å². The molecule has 0 amide bonds. The summed E-state index contributed by atoms with van der Waals surface area (Å²) >= 11 is 0. The number of carbonyl (C=O) groups is 2. The lowest BCUT2D eigenvalue weighted by atomic mass is 10.0. The van der Waals surface area contributed by atoms with E-state index in [0.717, 1.165) is 5.69 Å². The Hall–Kier alpha value is -3.07. The molecule has 2 N–H and O–H groups in total. The summed E-state index contributed by atoms with van der Waals surface area (Å²) in [5, 5.41) is 0. The summed E-state index contributed by atoms with van der Waals surface area (Å²) < 4.78 is 39.8. The minimum atomic E-state index is -4.48. The van der Waals surface area contributed by atoms with E-state index < -0.39 is 24.0 Å². The maximum Gasteiger partial charge on any atom is 0.412 e. The first-order valence-corrected chi connectivity index (χ1v) is 8.41. The van der Waals surface area contributed by atoms with Gasteiger partial charge in [0, 0.05) is 28.7 Å². The van der Waals surface area contributed by atoms with E-state index in [1.165, 1.54) is 35.4 Å². The van der Waals surface area contributed by atoms with Gasteiger partial charge in [0.1, 0.15) is 18.2 Å². The number of amidine groups is 1. The fraction of sp³-hybridized carbons (Fsp3) is 0.263. The second kappa shape index (κ2) is 7.51. The summed E-state index contributed by atoms with van der Waals surface area (Å²) in [4.78, 5) is 32.0. The number of hydrogen-bond donors (Lipinski definition) is 1. The number of ketones is 1. The standard InChI is InChI=1S/C19H17F3N4O2/c1-11-2-3-13(8-24-11)18-25-16(19(20,21)22)9-26(18)14-6-4-12(5-7-14)17(28)15(23)10-27/h2-8,10,15-16H,9,23H2,1H3. The van der Waals surface area contributed by atoms with Gasteiger partial charge in [0.05, 0.1) is 6.54 Å². The number of hydrogen-bond acceptors (Lipinski definition) is 6. The van der Waals surface area contributed by atoms with E-state index >= 15 is 0 Å². The third-order valence-electron chi connectivity index (χ3n) is 4.35. The summed E-state index contributed by atoms with van der Waals surface area (Å²) in [6.45, 7) is 1.39.